The Labute approximate surface area is 212 Å². The first-order valence-electron chi connectivity index (χ1n) is 12.1. The lowest BCUT2D eigenvalue weighted by Gasteiger charge is -2.46. The molecule has 1 unspecified atom stereocenters. The monoisotopic (exact) mass is 546 g/mol. The third-order valence-electron chi connectivity index (χ3n) is 6.54. The number of rotatable bonds is 10. The molecule has 0 amide bonds. The van der Waals surface area contributed by atoms with Crippen LogP contribution in [0.1, 0.15) is 13.3 Å². The molecule has 0 spiro atoms. The van der Waals surface area contributed by atoms with E-state index < -0.39 is 112 Å². The largest absolute Gasteiger partial charge is 0.394 e. The number of aliphatic hydroxyl groups is 10. The summed E-state index contributed by atoms with van der Waals surface area (Å²) in [5.74, 6) is 0. The Kier molecular flexibility index (Phi) is 11.4. The van der Waals surface area contributed by atoms with E-state index in [2.05, 4.69) is 0 Å². The van der Waals surface area contributed by atoms with Crippen LogP contribution >= 0.6 is 0 Å². The molecule has 218 valence electrons. The Hall–Kier alpha value is -0.640. The molecule has 3 rings (SSSR count). The van der Waals surface area contributed by atoms with E-state index in [1.807, 2.05) is 0 Å². The first-order valence-corrected chi connectivity index (χ1v) is 12.1. The van der Waals surface area contributed by atoms with Crippen LogP contribution in [0, 0.1) is 0 Å². The third kappa shape index (κ3) is 6.75. The van der Waals surface area contributed by atoms with Gasteiger partial charge >= 0.3 is 0 Å². The molecule has 0 bridgehead atoms. The molecular formula is C21H38O16. The summed E-state index contributed by atoms with van der Waals surface area (Å²) in [6, 6.07) is 0. The Balaban J connectivity index is 1.73. The van der Waals surface area contributed by atoms with Crippen molar-refractivity contribution in [3.63, 3.8) is 0 Å². The second-order valence-corrected chi connectivity index (χ2v) is 9.22. The van der Waals surface area contributed by atoms with E-state index in [4.69, 9.17) is 28.4 Å². The molecule has 10 N–H and O–H groups in total. The molecule has 0 aromatic heterocycles. The van der Waals surface area contributed by atoms with Crippen molar-refractivity contribution < 1.29 is 79.5 Å². The lowest BCUT2D eigenvalue weighted by atomic mass is 9.96. The van der Waals surface area contributed by atoms with Gasteiger partial charge in [-0.1, -0.05) is 6.92 Å². The lowest BCUT2D eigenvalue weighted by Crippen LogP contribution is -2.65. The molecule has 3 saturated heterocycles. The predicted molar refractivity (Wildman–Crippen MR) is 115 cm³/mol. The van der Waals surface area contributed by atoms with Gasteiger partial charge in [-0.2, -0.15) is 0 Å². The summed E-state index contributed by atoms with van der Waals surface area (Å²) in [7, 11) is 0. The first-order chi connectivity index (χ1) is 17.5. The van der Waals surface area contributed by atoms with Gasteiger partial charge in [-0.05, 0) is 6.42 Å². The fraction of sp³-hybridized carbons (Fsp3) is 1.00. The SMILES string of the molecule is CCCO[C@@H]1O[C@H](COC2O[C@H](CO)[C@@H](O)[C@H](O)[C@@H]2O)[C@@H](O)[C@H](O[C@H]2O[C@H](CO)[C@@H](O)[C@H](O)[C@@H]2O)[C@@H]1O. The van der Waals surface area contributed by atoms with Gasteiger partial charge in [0.2, 0.25) is 0 Å². The summed E-state index contributed by atoms with van der Waals surface area (Å²) in [4.78, 5) is 0. The normalized spacial score (nSPS) is 49.2. The Morgan fingerprint density at radius 3 is 1.57 bits per heavy atom. The molecule has 16 heteroatoms. The van der Waals surface area contributed by atoms with E-state index in [1.54, 1.807) is 6.92 Å². The number of hydrogen-bond donors (Lipinski definition) is 10. The highest BCUT2D eigenvalue weighted by atomic mass is 16.7. The van der Waals surface area contributed by atoms with Crippen molar-refractivity contribution >= 4 is 0 Å². The van der Waals surface area contributed by atoms with Crippen LogP contribution in [-0.4, -0.2) is 170 Å². The standard InChI is InChI=1S/C21H38O16/c1-2-3-32-20-17(31)18(37-21-16(30)14(28)11(25)8(5-23)35-21)12(26)9(36-20)6-33-19-15(29)13(27)10(24)7(4-22)34-19/h7-31H,2-6H2,1H3/t7-,8-,9-,10-,11-,12-,13+,14+,15+,16+,17+,18+,19?,20-,21-/m1/s1. The van der Waals surface area contributed by atoms with Crippen LogP contribution in [-0.2, 0) is 28.4 Å². The summed E-state index contributed by atoms with van der Waals surface area (Å²) in [5.41, 5.74) is 0. The molecule has 15 atom stereocenters. The van der Waals surface area contributed by atoms with Gasteiger partial charge in [0.25, 0.3) is 0 Å². The van der Waals surface area contributed by atoms with Crippen molar-refractivity contribution in [3.8, 4) is 0 Å². The van der Waals surface area contributed by atoms with Gasteiger partial charge < -0.3 is 79.5 Å². The molecule has 37 heavy (non-hydrogen) atoms. The van der Waals surface area contributed by atoms with Crippen molar-refractivity contribution in [2.24, 2.45) is 0 Å². The zero-order valence-corrected chi connectivity index (χ0v) is 20.1. The molecule has 3 fully saturated rings. The molecule has 16 nitrogen and oxygen atoms in total. The van der Waals surface area contributed by atoms with Gasteiger partial charge in [-0.25, -0.2) is 0 Å². The molecule has 0 saturated carbocycles. The first kappa shape index (κ1) is 30.9. The average Bonchev–Trinajstić information content (AvgIpc) is 2.89. The van der Waals surface area contributed by atoms with Crippen LogP contribution in [0.3, 0.4) is 0 Å². The van der Waals surface area contributed by atoms with E-state index in [-0.39, 0.29) is 6.61 Å². The predicted octanol–water partition coefficient (Wildman–Crippen LogP) is -6.14. The Morgan fingerprint density at radius 2 is 1.03 bits per heavy atom. The van der Waals surface area contributed by atoms with Crippen molar-refractivity contribution in [1.82, 2.24) is 0 Å². The van der Waals surface area contributed by atoms with Gasteiger partial charge in [-0.15, -0.1) is 0 Å². The Morgan fingerprint density at radius 1 is 0.541 bits per heavy atom. The maximum absolute atomic E-state index is 10.9. The topological polar surface area (TPSA) is 258 Å². The minimum absolute atomic E-state index is 0.144. The average molecular weight is 547 g/mol. The highest BCUT2D eigenvalue weighted by Gasteiger charge is 2.52. The number of ether oxygens (including phenoxy) is 6. The third-order valence-corrected chi connectivity index (χ3v) is 6.54. The van der Waals surface area contributed by atoms with E-state index in [0.717, 1.165) is 0 Å². The van der Waals surface area contributed by atoms with Crippen molar-refractivity contribution in [3.05, 3.63) is 0 Å². The van der Waals surface area contributed by atoms with Crippen molar-refractivity contribution in [1.29, 1.82) is 0 Å². The molecular weight excluding hydrogens is 508 g/mol. The molecule has 0 aromatic carbocycles. The molecule has 0 radical (unpaired) electrons. The molecule has 3 aliphatic rings. The smallest absolute Gasteiger partial charge is 0.187 e. The molecule has 0 aromatic rings. The van der Waals surface area contributed by atoms with Crippen LogP contribution in [0.4, 0.5) is 0 Å². The summed E-state index contributed by atoms with van der Waals surface area (Å²) >= 11 is 0. The molecule has 3 heterocycles. The second kappa shape index (κ2) is 13.6. The minimum atomic E-state index is -1.81. The highest BCUT2D eigenvalue weighted by Crippen LogP contribution is 2.31. The minimum Gasteiger partial charge on any atom is -0.394 e. The van der Waals surface area contributed by atoms with Gasteiger partial charge in [-0.3, -0.25) is 0 Å². The maximum atomic E-state index is 10.9. The molecule has 3 aliphatic heterocycles. The fourth-order valence-electron chi connectivity index (χ4n) is 4.30. The lowest BCUT2D eigenvalue weighted by molar-refractivity contribution is -0.366. The highest BCUT2D eigenvalue weighted by molar-refractivity contribution is 4.95. The van der Waals surface area contributed by atoms with Gasteiger partial charge in [0, 0.05) is 6.61 Å². The zero-order chi connectivity index (χ0) is 27.4. The zero-order valence-electron chi connectivity index (χ0n) is 20.1. The maximum Gasteiger partial charge on any atom is 0.187 e. The van der Waals surface area contributed by atoms with Crippen LogP contribution in [0.15, 0.2) is 0 Å². The summed E-state index contributed by atoms with van der Waals surface area (Å²) in [6.07, 6.45) is -22.9. The summed E-state index contributed by atoms with van der Waals surface area (Å²) < 4.78 is 32.7. The van der Waals surface area contributed by atoms with Crippen LogP contribution < -0.4 is 0 Å². The van der Waals surface area contributed by atoms with E-state index in [0.29, 0.717) is 6.42 Å². The fourth-order valence-corrected chi connectivity index (χ4v) is 4.30. The van der Waals surface area contributed by atoms with Gasteiger partial charge in [0.1, 0.15) is 73.2 Å². The van der Waals surface area contributed by atoms with Gasteiger partial charge in [0.15, 0.2) is 18.9 Å². The quantitative estimate of drug-likeness (QED) is 0.122. The van der Waals surface area contributed by atoms with E-state index >= 15 is 0 Å². The second-order valence-electron chi connectivity index (χ2n) is 9.22. The van der Waals surface area contributed by atoms with Gasteiger partial charge in [0.05, 0.1) is 19.8 Å². The van der Waals surface area contributed by atoms with E-state index in [9.17, 15) is 51.1 Å². The van der Waals surface area contributed by atoms with Crippen molar-refractivity contribution in [2.75, 3.05) is 26.4 Å². The van der Waals surface area contributed by atoms with Crippen molar-refractivity contribution in [2.45, 2.75) is 105 Å². The Bertz CT molecular complexity index is 683. The number of hydrogen-bond acceptors (Lipinski definition) is 16. The number of aliphatic hydroxyl groups excluding tert-OH is 10. The summed E-state index contributed by atoms with van der Waals surface area (Å²) in [5, 5.41) is 101. The van der Waals surface area contributed by atoms with E-state index in [1.165, 1.54) is 0 Å². The summed E-state index contributed by atoms with van der Waals surface area (Å²) in [6.45, 7) is 0.0245. The van der Waals surface area contributed by atoms with Crippen LogP contribution in [0.25, 0.3) is 0 Å². The van der Waals surface area contributed by atoms with Crippen LogP contribution in [0.2, 0.25) is 0 Å². The van der Waals surface area contributed by atoms with Crippen LogP contribution in [0.5, 0.6) is 0 Å². The molecule has 0 aliphatic carbocycles.